The first kappa shape index (κ1) is 25.5. The Balaban J connectivity index is 2.11. The van der Waals surface area contributed by atoms with Gasteiger partial charge in [-0.25, -0.2) is 4.98 Å². The smallest absolute Gasteiger partial charge is 0.405 e. The third-order valence-corrected chi connectivity index (χ3v) is 5.63. The van der Waals surface area contributed by atoms with Gasteiger partial charge in [-0.3, -0.25) is 9.59 Å². The Morgan fingerprint density at radius 3 is 2.44 bits per heavy atom. The molecule has 1 atom stereocenters. The average molecular weight is 482 g/mol. The van der Waals surface area contributed by atoms with Crippen LogP contribution in [0, 0.1) is 5.41 Å². The zero-order valence-electron chi connectivity index (χ0n) is 19.9. The van der Waals surface area contributed by atoms with E-state index in [1.807, 2.05) is 32.7 Å². The number of rotatable bonds is 5. The molecule has 0 spiro atoms. The summed E-state index contributed by atoms with van der Waals surface area (Å²) in [7, 11) is 3.38. The molecule has 1 aromatic heterocycles. The Kier molecular flexibility index (Phi) is 7.25. The lowest BCUT2D eigenvalue weighted by Gasteiger charge is -2.29. The van der Waals surface area contributed by atoms with E-state index in [0.717, 1.165) is 13.0 Å². The van der Waals surface area contributed by atoms with Crippen LogP contribution in [0.4, 0.5) is 13.2 Å². The van der Waals surface area contributed by atoms with E-state index in [2.05, 4.69) is 20.4 Å². The SMILES string of the molecule is CNC(=O)[C@@H](NC(=O)c1nc(-c2ccccc2OC(F)(F)F)n2c1CN(C)CCC2)C(C)(C)C. The van der Waals surface area contributed by atoms with E-state index in [0.29, 0.717) is 18.8 Å². The molecule has 8 nitrogen and oxygen atoms in total. The second-order valence-electron chi connectivity index (χ2n) is 9.40. The van der Waals surface area contributed by atoms with E-state index in [9.17, 15) is 22.8 Å². The van der Waals surface area contributed by atoms with Gasteiger partial charge in [0, 0.05) is 20.1 Å². The Bertz CT molecular complexity index is 1060. The highest BCUT2D eigenvalue weighted by molar-refractivity contribution is 5.98. The quantitative estimate of drug-likeness (QED) is 0.685. The van der Waals surface area contributed by atoms with Crippen LogP contribution in [0.15, 0.2) is 24.3 Å². The molecule has 2 heterocycles. The van der Waals surface area contributed by atoms with Gasteiger partial charge in [0.1, 0.15) is 17.6 Å². The molecule has 186 valence electrons. The maximum absolute atomic E-state index is 13.4. The third-order valence-electron chi connectivity index (χ3n) is 5.63. The van der Waals surface area contributed by atoms with Gasteiger partial charge in [-0.15, -0.1) is 13.2 Å². The van der Waals surface area contributed by atoms with Crippen molar-refractivity contribution in [3.8, 4) is 17.1 Å². The number of aromatic nitrogens is 2. The Labute approximate surface area is 196 Å². The number of fused-ring (bicyclic) bond motifs is 1. The number of carbonyl (C=O) groups is 2. The van der Waals surface area contributed by atoms with Gasteiger partial charge < -0.3 is 24.8 Å². The number of ether oxygens (including phenoxy) is 1. The van der Waals surface area contributed by atoms with Gasteiger partial charge in [0.05, 0.1) is 11.3 Å². The maximum atomic E-state index is 13.4. The van der Waals surface area contributed by atoms with Gasteiger partial charge in [-0.05, 0) is 37.6 Å². The molecule has 0 fully saturated rings. The van der Waals surface area contributed by atoms with Gasteiger partial charge in [0.15, 0.2) is 5.69 Å². The van der Waals surface area contributed by atoms with Gasteiger partial charge >= 0.3 is 6.36 Å². The summed E-state index contributed by atoms with van der Waals surface area (Å²) in [4.78, 5) is 32.3. The molecule has 0 radical (unpaired) electrons. The van der Waals surface area contributed by atoms with E-state index in [1.54, 1.807) is 10.6 Å². The van der Waals surface area contributed by atoms with Gasteiger partial charge in [0.2, 0.25) is 5.91 Å². The van der Waals surface area contributed by atoms with Crippen molar-refractivity contribution in [3.05, 3.63) is 35.7 Å². The van der Waals surface area contributed by atoms with Gasteiger partial charge in [0.25, 0.3) is 5.91 Å². The molecule has 2 aromatic rings. The van der Waals surface area contributed by atoms with Gasteiger partial charge in [-0.2, -0.15) is 0 Å². The van der Waals surface area contributed by atoms with Crippen LogP contribution in [0.25, 0.3) is 11.4 Å². The van der Waals surface area contributed by atoms with Crippen molar-refractivity contribution in [1.29, 1.82) is 0 Å². The molecule has 0 saturated carbocycles. The van der Waals surface area contributed by atoms with Gasteiger partial charge in [-0.1, -0.05) is 32.9 Å². The van der Waals surface area contributed by atoms with E-state index in [1.165, 1.54) is 25.2 Å². The standard InChI is InChI=1S/C23H30F3N5O3/c1-22(2,3)18(21(33)27-4)29-20(32)17-15-13-30(5)11-8-12-31(15)19(28-17)14-9-6-7-10-16(14)34-23(24,25)26/h6-7,9-10,18H,8,11-13H2,1-5H3,(H,27,33)(H,29,32)/t18-/m1/s1. The number of amides is 2. The molecule has 1 aromatic carbocycles. The van der Waals surface area contributed by atoms with E-state index >= 15 is 0 Å². The lowest BCUT2D eigenvalue weighted by molar-refractivity contribution is -0.274. The summed E-state index contributed by atoms with van der Waals surface area (Å²) >= 11 is 0. The summed E-state index contributed by atoms with van der Waals surface area (Å²) < 4.78 is 45.1. The molecule has 11 heteroatoms. The molecule has 2 amide bonds. The molecule has 1 aliphatic rings. The zero-order chi connectivity index (χ0) is 25.3. The first-order valence-electron chi connectivity index (χ1n) is 11.0. The number of carbonyl (C=O) groups excluding carboxylic acids is 2. The average Bonchev–Trinajstić information content (AvgIpc) is 2.96. The monoisotopic (exact) mass is 481 g/mol. The predicted molar refractivity (Wildman–Crippen MR) is 120 cm³/mol. The van der Waals surface area contributed by atoms with Crippen molar-refractivity contribution in [1.82, 2.24) is 25.1 Å². The highest BCUT2D eigenvalue weighted by Crippen LogP contribution is 2.35. The minimum absolute atomic E-state index is 0.0729. The molecule has 0 saturated heterocycles. The minimum atomic E-state index is -4.88. The fourth-order valence-corrected chi connectivity index (χ4v) is 3.99. The number of halogens is 3. The minimum Gasteiger partial charge on any atom is -0.405 e. The number of hydrogen-bond acceptors (Lipinski definition) is 5. The molecule has 2 N–H and O–H groups in total. The topological polar surface area (TPSA) is 88.5 Å². The largest absolute Gasteiger partial charge is 0.573 e. The van der Waals surface area contributed by atoms with Crippen LogP contribution < -0.4 is 15.4 Å². The number of hydrogen-bond donors (Lipinski definition) is 2. The molecule has 0 bridgehead atoms. The summed E-state index contributed by atoms with van der Waals surface area (Å²) in [6, 6.07) is 4.89. The fraction of sp³-hybridized carbons (Fsp3) is 0.522. The summed E-state index contributed by atoms with van der Waals surface area (Å²) in [5.41, 5.74) is 0.185. The van der Waals surface area contributed by atoms with Crippen molar-refractivity contribution in [2.24, 2.45) is 5.41 Å². The van der Waals surface area contributed by atoms with Crippen molar-refractivity contribution >= 4 is 11.8 Å². The highest BCUT2D eigenvalue weighted by atomic mass is 19.4. The van der Waals surface area contributed by atoms with E-state index in [4.69, 9.17) is 0 Å². The predicted octanol–water partition coefficient (Wildman–Crippen LogP) is 3.17. The Hall–Kier alpha value is -3.08. The normalized spacial score (nSPS) is 15.8. The molecule has 3 rings (SSSR count). The Morgan fingerprint density at radius 1 is 1.15 bits per heavy atom. The number of likely N-dealkylation sites (N-methyl/N-ethyl adjacent to an activating group) is 1. The second-order valence-corrected chi connectivity index (χ2v) is 9.40. The Morgan fingerprint density at radius 2 is 1.82 bits per heavy atom. The third kappa shape index (κ3) is 5.69. The number of para-hydroxylation sites is 1. The number of nitrogens with zero attached hydrogens (tertiary/aromatic N) is 3. The summed E-state index contributed by atoms with van der Waals surface area (Å²) in [5, 5.41) is 5.33. The summed E-state index contributed by atoms with van der Waals surface area (Å²) in [6.45, 7) is 7.05. The number of benzene rings is 1. The maximum Gasteiger partial charge on any atom is 0.573 e. The zero-order valence-corrected chi connectivity index (χ0v) is 19.9. The molecular formula is C23H30F3N5O3. The molecule has 34 heavy (non-hydrogen) atoms. The number of nitrogens with one attached hydrogen (secondary N) is 2. The first-order chi connectivity index (χ1) is 15.8. The first-order valence-corrected chi connectivity index (χ1v) is 11.0. The molecule has 0 aliphatic carbocycles. The van der Waals surface area contributed by atoms with Crippen molar-refractivity contribution in [2.45, 2.75) is 52.7 Å². The van der Waals surface area contributed by atoms with E-state index < -0.39 is 29.5 Å². The number of imidazole rings is 1. The summed E-state index contributed by atoms with van der Waals surface area (Å²) in [6.07, 6.45) is -4.16. The van der Waals surface area contributed by atoms with Crippen molar-refractivity contribution in [3.63, 3.8) is 0 Å². The lowest BCUT2D eigenvalue weighted by Crippen LogP contribution is -2.53. The van der Waals surface area contributed by atoms with Crippen molar-refractivity contribution < 1.29 is 27.5 Å². The molecule has 0 unspecified atom stereocenters. The van der Waals surface area contributed by atoms with Crippen LogP contribution in [0.1, 0.15) is 43.4 Å². The molecular weight excluding hydrogens is 451 g/mol. The van der Waals surface area contributed by atoms with Crippen LogP contribution in [0.2, 0.25) is 0 Å². The fourth-order valence-electron chi connectivity index (χ4n) is 3.99. The van der Waals surface area contributed by atoms with Crippen LogP contribution in [0.5, 0.6) is 5.75 Å². The highest BCUT2D eigenvalue weighted by Gasteiger charge is 2.36. The lowest BCUT2D eigenvalue weighted by atomic mass is 9.86. The van der Waals surface area contributed by atoms with Crippen LogP contribution >= 0.6 is 0 Å². The van der Waals surface area contributed by atoms with Crippen LogP contribution in [-0.4, -0.2) is 59.3 Å². The van der Waals surface area contributed by atoms with Crippen LogP contribution in [0.3, 0.4) is 0 Å². The van der Waals surface area contributed by atoms with Crippen LogP contribution in [-0.2, 0) is 17.9 Å². The summed E-state index contributed by atoms with van der Waals surface area (Å²) in [5.74, 6) is -1.11. The molecule has 1 aliphatic heterocycles. The second kappa shape index (κ2) is 9.65. The van der Waals surface area contributed by atoms with Crippen molar-refractivity contribution in [2.75, 3.05) is 20.6 Å². The number of alkyl halides is 3. The van der Waals surface area contributed by atoms with E-state index in [-0.39, 0.29) is 23.0 Å².